The molecule has 68 heavy (non-hydrogen) atoms. The highest BCUT2D eigenvalue weighted by molar-refractivity contribution is 8.00. The average molecular weight is 885 g/mol. The first kappa shape index (κ1) is 38.6. The van der Waals surface area contributed by atoms with Gasteiger partial charge in [0.15, 0.2) is 0 Å². The Morgan fingerprint density at radius 2 is 1.01 bits per heavy atom. The monoisotopic (exact) mass is 884 g/mol. The van der Waals surface area contributed by atoms with Gasteiger partial charge in [-0.15, -0.1) is 0 Å². The minimum absolute atomic E-state index is 0.0838. The van der Waals surface area contributed by atoms with Gasteiger partial charge in [-0.1, -0.05) is 145 Å². The number of hydrogen-bond acceptors (Lipinski definition) is 4. The summed E-state index contributed by atoms with van der Waals surface area (Å²) in [6, 6.07) is 82.4. The molecule has 316 valence electrons. The van der Waals surface area contributed by atoms with E-state index in [1.54, 1.807) is 0 Å². The van der Waals surface area contributed by atoms with Gasteiger partial charge in [-0.05, 0) is 107 Å². The summed E-state index contributed by atoms with van der Waals surface area (Å²) in [5.74, 6) is 1.64. The molecule has 2 aromatic heterocycles. The van der Waals surface area contributed by atoms with E-state index in [4.69, 9.17) is 4.74 Å². The number of benzene rings is 10. The van der Waals surface area contributed by atoms with E-state index in [0.29, 0.717) is 5.56 Å². The van der Waals surface area contributed by atoms with Crippen LogP contribution in [0.25, 0.3) is 66.1 Å². The van der Waals surface area contributed by atoms with Crippen LogP contribution >= 0.6 is 11.8 Å². The summed E-state index contributed by atoms with van der Waals surface area (Å²) in [5.41, 5.74) is 15.9. The molecule has 5 nitrogen and oxygen atoms in total. The highest BCUT2D eigenvalue weighted by atomic mass is 32.2. The van der Waals surface area contributed by atoms with Crippen molar-refractivity contribution in [3.05, 3.63) is 230 Å². The van der Waals surface area contributed by atoms with Crippen LogP contribution in [0.5, 0.6) is 11.5 Å². The van der Waals surface area contributed by atoms with Crippen LogP contribution in [0.1, 0.15) is 5.56 Å². The summed E-state index contributed by atoms with van der Waals surface area (Å²) in [7, 11) is 0. The van der Waals surface area contributed by atoms with Crippen LogP contribution < -0.4 is 26.0 Å². The normalized spacial score (nSPS) is 12.4. The number of hydrogen-bond donors (Lipinski definition) is 0. The molecule has 0 radical (unpaired) electrons. The molecule has 0 spiro atoms. The van der Waals surface area contributed by atoms with Gasteiger partial charge in [-0.3, -0.25) is 0 Å². The molecule has 0 aliphatic carbocycles. The van der Waals surface area contributed by atoms with Crippen LogP contribution in [0.15, 0.2) is 234 Å². The van der Waals surface area contributed by atoms with Crippen molar-refractivity contribution < 1.29 is 4.74 Å². The van der Waals surface area contributed by atoms with Gasteiger partial charge in [0.25, 0.3) is 6.71 Å². The summed E-state index contributed by atoms with van der Waals surface area (Å²) in [6.45, 7) is -0.0838. The summed E-state index contributed by atoms with van der Waals surface area (Å²) in [6.07, 6.45) is 0. The maximum Gasteiger partial charge on any atom is 0.253 e. The van der Waals surface area contributed by atoms with Gasteiger partial charge in [-0.2, -0.15) is 5.26 Å². The van der Waals surface area contributed by atoms with Crippen molar-refractivity contribution in [3.8, 4) is 40.1 Å². The number of aromatic nitrogens is 2. The largest absolute Gasteiger partial charge is 0.458 e. The average Bonchev–Trinajstić information content (AvgIpc) is 3.92. The number of nitriles is 1. The highest BCUT2D eigenvalue weighted by Gasteiger charge is 2.40. The lowest BCUT2D eigenvalue weighted by Crippen LogP contribution is -2.57. The number of rotatable bonds is 6. The van der Waals surface area contributed by atoms with E-state index in [0.717, 1.165) is 72.5 Å². The van der Waals surface area contributed by atoms with E-state index in [-0.39, 0.29) is 6.71 Å². The third-order valence-corrected chi connectivity index (χ3v) is 15.0. The maximum atomic E-state index is 10.3. The number of para-hydroxylation sites is 6. The standard InChI is InChI=1S/C61H37BN4OS/c63-38-39-27-32-56(66-54-25-13-9-21-47(54)48-22-10-14-26-55(48)66)49(33-39)40-28-30-50-57(34-40)67-58-35-44(64(41-15-3-1-4-16-41)42-17-5-2-6-18-42)37-60-61(58)62(50)51-31-29-43(36-59(51)68-60)65-52-23-11-7-19-45(52)46-20-8-12-24-53(46)65/h1-37H. The molecule has 2 aliphatic rings. The minimum atomic E-state index is -0.0838. The Morgan fingerprint density at radius 3 is 1.62 bits per heavy atom. The molecule has 0 saturated carbocycles. The zero-order valence-electron chi connectivity index (χ0n) is 36.5. The molecule has 0 saturated heterocycles. The first-order valence-electron chi connectivity index (χ1n) is 22.9. The lowest BCUT2D eigenvalue weighted by Gasteiger charge is -2.35. The molecule has 14 rings (SSSR count). The predicted molar refractivity (Wildman–Crippen MR) is 282 cm³/mol. The Kier molecular flexibility index (Phi) is 8.61. The SMILES string of the molecule is N#Cc1ccc(-n2c3ccccc3c3ccccc32)c(-c2ccc3c(c2)Oc2cc(N(c4ccccc4)c4ccccc4)cc4c2B3c2ccc(-n3c5ccccc5c5ccccc53)cc2S4)c1. The molecule has 4 heterocycles. The first-order chi connectivity index (χ1) is 33.7. The molecule has 10 aromatic carbocycles. The van der Waals surface area contributed by atoms with E-state index < -0.39 is 0 Å². The van der Waals surface area contributed by atoms with Crippen molar-refractivity contribution in [2.45, 2.75) is 9.79 Å². The number of fused-ring (bicyclic) bond motifs is 10. The fourth-order valence-corrected chi connectivity index (χ4v) is 12.1. The second-order valence-corrected chi connectivity index (χ2v) is 18.6. The Bertz CT molecular complexity index is 3930. The van der Waals surface area contributed by atoms with Crippen LogP contribution in [0.3, 0.4) is 0 Å². The zero-order chi connectivity index (χ0) is 44.9. The molecule has 12 aromatic rings. The number of ether oxygens (including phenoxy) is 1. The Hall–Kier alpha value is -8.70. The van der Waals surface area contributed by atoms with Crippen LogP contribution in [0, 0.1) is 11.3 Å². The molecule has 2 aliphatic heterocycles. The van der Waals surface area contributed by atoms with Crippen LogP contribution in [-0.4, -0.2) is 15.8 Å². The molecule has 0 bridgehead atoms. The maximum absolute atomic E-state index is 10.3. The minimum Gasteiger partial charge on any atom is -0.458 e. The zero-order valence-corrected chi connectivity index (χ0v) is 37.4. The number of anilines is 3. The van der Waals surface area contributed by atoms with E-state index in [2.05, 4.69) is 232 Å². The van der Waals surface area contributed by atoms with Crippen molar-refractivity contribution in [2.24, 2.45) is 0 Å². The second kappa shape index (κ2) is 15.2. The molecule has 0 fully saturated rings. The van der Waals surface area contributed by atoms with Crippen molar-refractivity contribution in [1.29, 1.82) is 5.26 Å². The Labute approximate surface area is 397 Å². The molecule has 0 atom stereocenters. The molecule has 0 unspecified atom stereocenters. The van der Waals surface area contributed by atoms with E-state index in [1.165, 1.54) is 48.4 Å². The van der Waals surface area contributed by atoms with Crippen molar-refractivity contribution in [1.82, 2.24) is 9.13 Å². The predicted octanol–water partition coefficient (Wildman–Crippen LogP) is 14.0. The van der Waals surface area contributed by atoms with E-state index >= 15 is 0 Å². The van der Waals surface area contributed by atoms with Gasteiger partial charge in [-0.25, -0.2) is 0 Å². The first-order valence-corrected chi connectivity index (χ1v) is 23.7. The summed E-state index contributed by atoms with van der Waals surface area (Å²) >= 11 is 1.82. The van der Waals surface area contributed by atoms with Gasteiger partial charge in [0, 0.05) is 60.0 Å². The molecule has 0 N–H and O–H groups in total. The van der Waals surface area contributed by atoms with Crippen molar-refractivity contribution in [2.75, 3.05) is 4.90 Å². The third kappa shape index (κ3) is 5.84. The highest BCUT2D eigenvalue weighted by Crippen LogP contribution is 2.45. The smallest absolute Gasteiger partial charge is 0.253 e. The summed E-state index contributed by atoms with van der Waals surface area (Å²) in [5, 5.41) is 15.2. The van der Waals surface area contributed by atoms with Gasteiger partial charge in [0.05, 0.1) is 45.1 Å². The third-order valence-electron chi connectivity index (χ3n) is 13.8. The van der Waals surface area contributed by atoms with E-state index in [9.17, 15) is 5.26 Å². The summed E-state index contributed by atoms with van der Waals surface area (Å²) in [4.78, 5) is 4.69. The number of nitrogens with zero attached hydrogens (tertiary/aromatic N) is 4. The molecule has 0 amide bonds. The van der Waals surface area contributed by atoms with Crippen LogP contribution in [0.4, 0.5) is 17.1 Å². The second-order valence-electron chi connectivity index (χ2n) is 17.6. The lowest BCUT2D eigenvalue weighted by molar-refractivity contribution is 0.486. The fraction of sp³-hybridized carbons (Fsp3) is 0. The molecular formula is C61H37BN4OS. The Balaban J connectivity index is 0.985. The molecular weight excluding hydrogens is 848 g/mol. The summed E-state index contributed by atoms with van der Waals surface area (Å²) < 4.78 is 12.0. The van der Waals surface area contributed by atoms with Crippen LogP contribution in [0.2, 0.25) is 0 Å². The lowest BCUT2D eigenvalue weighted by atomic mass is 9.35. The van der Waals surface area contributed by atoms with Crippen LogP contribution in [-0.2, 0) is 0 Å². The van der Waals surface area contributed by atoms with Crippen molar-refractivity contribution >= 4 is 95.5 Å². The van der Waals surface area contributed by atoms with Gasteiger partial charge in [0.2, 0.25) is 0 Å². The van der Waals surface area contributed by atoms with Crippen molar-refractivity contribution in [3.63, 3.8) is 0 Å². The van der Waals surface area contributed by atoms with Gasteiger partial charge >= 0.3 is 0 Å². The van der Waals surface area contributed by atoms with Gasteiger partial charge < -0.3 is 18.8 Å². The topological polar surface area (TPSA) is 46.1 Å². The Morgan fingerprint density at radius 1 is 0.456 bits per heavy atom. The quantitative estimate of drug-likeness (QED) is 0.156. The van der Waals surface area contributed by atoms with E-state index in [1.807, 2.05) is 23.9 Å². The molecule has 7 heteroatoms. The fourth-order valence-electron chi connectivity index (χ4n) is 10.9. The van der Waals surface area contributed by atoms with Gasteiger partial charge in [0.1, 0.15) is 11.5 Å².